The van der Waals surface area contributed by atoms with Gasteiger partial charge in [0.15, 0.2) is 0 Å². The lowest BCUT2D eigenvalue weighted by Crippen LogP contribution is -2.40. The Bertz CT molecular complexity index is 517. The minimum Gasteiger partial charge on any atom is -0.242 e. The van der Waals surface area contributed by atoms with Crippen LogP contribution in [0.4, 0.5) is 0 Å². The van der Waals surface area contributed by atoms with Crippen LogP contribution in [-0.4, -0.2) is 15.0 Å². The lowest BCUT2D eigenvalue weighted by atomic mass is 9.98. The Morgan fingerprint density at radius 2 is 1.90 bits per heavy atom. The van der Waals surface area contributed by atoms with Crippen LogP contribution in [-0.2, 0) is 23.8 Å². The average molecular weight is 290 g/mol. The standard InChI is InChI=1S/C16H22N2OS/c1-16(2,3)20(19)18-15(11-17)10-12-8-13-6-4-5-7-14(13)9-12/h4-7,12,15,18H,8-10H2,1-3H3/t15-,20-/m1/s1. The number of hydrogen-bond donors (Lipinski definition) is 1. The number of benzene rings is 1. The van der Waals surface area contributed by atoms with Gasteiger partial charge >= 0.3 is 0 Å². The summed E-state index contributed by atoms with van der Waals surface area (Å²) in [4.78, 5) is 0. The van der Waals surface area contributed by atoms with Crippen molar-refractivity contribution in [1.29, 1.82) is 5.26 Å². The van der Waals surface area contributed by atoms with Crippen molar-refractivity contribution < 1.29 is 4.21 Å². The van der Waals surface area contributed by atoms with Crippen LogP contribution in [0.15, 0.2) is 24.3 Å². The van der Waals surface area contributed by atoms with E-state index >= 15 is 0 Å². The molecule has 20 heavy (non-hydrogen) atoms. The van der Waals surface area contributed by atoms with Crippen molar-refractivity contribution in [2.24, 2.45) is 5.92 Å². The molecule has 3 nitrogen and oxygen atoms in total. The molecule has 1 aliphatic carbocycles. The summed E-state index contributed by atoms with van der Waals surface area (Å²) in [6, 6.07) is 10.4. The minimum absolute atomic E-state index is 0.339. The lowest BCUT2D eigenvalue weighted by Gasteiger charge is -2.22. The molecule has 0 saturated heterocycles. The second-order valence-corrected chi connectivity index (χ2v) is 8.46. The van der Waals surface area contributed by atoms with Gasteiger partial charge in [-0.25, -0.2) is 8.93 Å². The minimum atomic E-state index is -1.19. The van der Waals surface area contributed by atoms with Gasteiger partial charge in [0.05, 0.1) is 21.8 Å². The smallest absolute Gasteiger partial charge is 0.107 e. The fourth-order valence-electron chi connectivity index (χ4n) is 2.58. The first-order valence-corrected chi connectivity index (χ1v) is 8.19. The summed E-state index contributed by atoms with van der Waals surface area (Å²) >= 11 is 0. The van der Waals surface area contributed by atoms with Crippen LogP contribution < -0.4 is 4.72 Å². The highest BCUT2D eigenvalue weighted by Gasteiger charge is 2.27. The zero-order valence-corrected chi connectivity index (χ0v) is 13.2. The van der Waals surface area contributed by atoms with Crippen LogP contribution in [0.5, 0.6) is 0 Å². The number of nitrogens with zero attached hydrogens (tertiary/aromatic N) is 1. The third-order valence-electron chi connectivity index (χ3n) is 3.67. The van der Waals surface area contributed by atoms with Crippen molar-refractivity contribution in [3.63, 3.8) is 0 Å². The highest BCUT2D eigenvalue weighted by Crippen LogP contribution is 2.29. The molecule has 1 aliphatic rings. The number of nitrogens with one attached hydrogen (secondary N) is 1. The Morgan fingerprint density at radius 1 is 1.35 bits per heavy atom. The quantitative estimate of drug-likeness (QED) is 0.927. The van der Waals surface area contributed by atoms with Crippen LogP contribution in [0.25, 0.3) is 0 Å². The highest BCUT2D eigenvalue weighted by molar-refractivity contribution is 7.84. The second-order valence-electron chi connectivity index (χ2n) is 6.46. The summed E-state index contributed by atoms with van der Waals surface area (Å²) in [6.07, 6.45) is 2.81. The summed E-state index contributed by atoms with van der Waals surface area (Å²) in [6.45, 7) is 5.74. The van der Waals surface area contributed by atoms with Gasteiger partial charge < -0.3 is 0 Å². The summed E-state index contributed by atoms with van der Waals surface area (Å²) < 4.78 is 14.7. The van der Waals surface area contributed by atoms with Gasteiger partial charge in [-0.1, -0.05) is 24.3 Å². The summed E-state index contributed by atoms with van der Waals surface area (Å²) in [5, 5.41) is 9.27. The van der Waals surface area contributed by atoms with E-state index < -0.39 is 11.0 Å². The van der Waals surface area contributed by atoms with Gasteiger partial charge in [0.25, 0.3) is 0 Å². The van der Waals surface area contributed by atoms with Crippen molar-refractivity contribution in [1.82, 2.24) is 4.72 Å². The Morgan fingerprint density at radius 3 is 2.35 bits per heavy atom. The SMILES string of the molecule is CC(C)(C)[S@@](=O)N[C@@H](C#N)CC1Cc2ccccc2C1. The van der Waals surface area contributed by atoms with E-state index in [2.05, 4.69) is 35.1 Å². The van der Waals surface area contributed by atoms with Crippen molar-refractivity contribution in [2.75, 3.05) is 0 Å². The van der Waals surface area contributed by atoms with Gasteiger partial charge in [0.1, 0.15) is 6.04 Å². The summed E-state index contributed by atoms with van der Waals surface area (Å²) in [7, 11) is -1.19. The molecule has 0 amide bonds. The molecule has 0 aromatic heterocycles. The maximum absolute atomic E-state index is 12.1. The van der Waals surface area contributed by atoms with E-state index in [9.17, 15) is 9.47 Å². The van der Waals surface area contributed by atoms with E-state index in [1.54, 1.807) is 0 Å². The van der Waals surface area contributed by atoms with Gasteiger partial charge in [0, 0.05) is 0 Å². The fraction of sp³-hybridized carbons (Fsp3) is 0.562. The molecule has 2 atom stereocenters. The molecule has 0 saturated carbocycles. The van der Waals surface area contributed by atoms with Crippen molar-refractivity contribution >= 4 is 11.0 Å². The van der Waals surface area contributed by atoms with E-state index in [-0.39, 0.29) is 10.8 Å². The lowest BCUT2D eigenvalue weighted by molar-refractivity contribution is 0.473. The fourth-order valence-corrected chi connectivity index (χ4v) is 3.34. The molecule has 1 N–H and O–H groups in total. The summed E-state index contributed by atoms with van der Waals surface area (Å²) in [5.74, 6) is 0.474. The summed E-state index contributed by atoms with van der Waals surface area (Å²) in [5.41, 5.74) is 2.79. The van der Waals surface area contributed by atoms with E-state index in [0.29, 0.717) is 5.92 Å². The predicted molar refractivity (Wildman–Crippen MR) is 82.4 cm³/mol. The molecule has 2 rings (SSSR count). The molecule has 4 heteroatoms. The van der Waals surface area contributed by atoms with Gasteiger partial charge in [-0.05, 0) is 57.1 Å². The predicted octanol–water partition coefficient (Wildman–Crippen LogP) is 2.74. The van der Waals surface area contributed by atoms with Crippen LogP contribution in [0.1, 0.15) is 38.3 Å². The maximum Gasteiger partial charge on any atom is 0.107 e. The van der Waals surface area contributed by atoms with Crippen LogP contribution in [0, 0.1) is 17.2 Å². The van der Waals surface area contributed by atoms with Gasteiger partial charge in [-0.15, -0.1) is 0 Å². The molecule has 108 valence electrons. The van der Waals surface area contributed by atoms with Gasteiger partial charge in [-0.3, -0.25) is 0 Å². The Kier molecular flexibility index (Phi) is 4.62. The van der Waals surface area contributed by atoms with Crippen molar-refractivity contribution in [2.45, 2.75) is 50.8 Å². The third kappa shape index (κ3) is 3.68. The first-order chi connectivity index (χ1) is 9.40. The monoisotopic (exact) mass is 290 g/mol. The Hall–Kier alpha value is -1.18. The van der Waals surface area contributed by atoms with E-state index in [1.807, 2.05) is 20.8 Å². The second kappa shape index (κ2) is 6.07. The molecule has 0 unspecified atom stereocenters. The Labute approximate surface area is 124 Å². The van der Waals surface area contributed by atoms with E-state index in [0.717, 1.165) is 19.3 Å². The molecular formula is C16H22N2OS. The maximum atomic E-state index is 12.1. The van der Waals surface area contributed by atoms with Crippen molar-refractivity contribution in [3.05, 3.63) is 35.4 Å². The number of fused-ring (bicyclic) bond motifs is 1. The third-order valence-corrected chi connectivity index (χ3v) is 5.28. The number of rotatable bonds is 4. The van der Waals surface area contributed by atoms with Gasteiger partial charge in [0.2, 0.25) is 0 Å². The molecule has 1 aromatic carbocycles. The Balaban J connectivity index is 1.93. The average Bonchev–Trinajstić information content (AvgIpc) is 2.78. The molecule has 1 aromatic rings. The molecule has 0 radical (unpaired) electrons. The highest BCUT2D eigenvalue weighted by atomic mass is 32.2. The number of hydrogen-bond acceptors (Lipinski definition) is 2. The zero-order chi connectivity index (χ0) is 14.8. The first-order valence-electron chi connectivity index (χ1n) is 7.04. The number of nitriles is 1. The molecule has 0 fully saturated rings. The van der Waals surface area contributed by atoms with E-state index in [4.69, 9.17) is 0 Å². The van der Waals surface area contributed by atoms with Gasteiger partial charge in [-0.2, -0.15) is 5.26 Å². The molecular weight excluding hydrogens is 268 g/mol. The van der Waals surface area contributed by atoms with E-state index in [1.165, 1.54) is 11.1 Å². The molecule has 0 spiro atoms. The van der Waals surface area contributed by atoms with Crippen LogP contribution >= 0.6 is 0 Å². The van der Waals surface area contributed by atoms with Crippen LogP contribution in [0.2, 0.25) is 0 Å². The topological polar surface area (TPSA) is 52.9 Å². The first kappa shape index (κ1) is 15.2. The normalized spacial score (nSPS) is 18.3. The molecule has 0 heterocycles. The molecule has 0 bridgehead atoms. The van der Waals surface area contributed by atoms with Crippen LogP contribution in [0.3, 0.4) is 0 Å². The largest absolute Gasteiger partial charge is 0.242 e. The molecule has 0 aliphatic heterocycles. The zero-order valence-electron chi connectivity index (χ0n) is 12.3. The van der Waals surface area contributed by atoms with Crippen molar-refractivity contribution in [3.8, 4) is 6.07 Å².